The molecule has 2 atom stereocenters. The minimum absolute atomic E-state index is 0.202. The fourth-order valence-corrected chi connectivity index (χ4v) is 7.66. The number of fused-ring (bicyclic) bond motifs is 1. The van der Waals surface area contributed by atoms with Crippen molar-refractivity contribution in [1.29, 1.82) is 0 Å². The molecule has 2 aliphatic heterocycles. The van der Waals surface area contributed by atoms with Crippen LogP contribution in [0.2, 0.25) is 0 Å². The summed E-state index contributed by atoms with van der Waals surface area (Å²) in [5, 5.41) is 3.63. The van der Waals surface area contributed by atoms with Crippen LogP contribution in [-0.4, -0.2) is 72.8 Å². The zero-order valence-corrected chi connectivity index (χ0v) is 24.7. The molecule has 8 nitrogen and oxygen atoms in total. The molecule has 2 aliphatic rings. The number of nitrogens with zero attached hydrogens (tertiary/aromatic N) is 4. The second kappa shape index (κ2) is 12.3. The number of benzene rings is 1. The van der Waals surface area contributed by atoms with E-state index in [0.717, 1.165) is 44.5 Å². The Kier molecular flexibility index (Phi) is 8.83. The highest BCUT2D eigenvalue weighted by atomic mass is 32.2. The van der Waals surface area contributed by atoms with Gasteiger partial charge in [0.25, 0.3) is 5.91 Å². The van der Waals surface area contributed by atoms with E-state index in [1.54, 1.807) is 41.0 Å². The van der Waals surface area contributed by atoms with Crippen molar-refractivity contribution in [3.05, 3.63) is 54.4 Å². The molecule has 0 spiro atoms. The van der Waals surface area contributed by atoms with Crippen LogP contribution < -0.4 is 5.32 Å². The summed E-state index contributed by atoms with van der Waals surface area (Å²) in [7, 11) is -3.67. The van der Waals surface area contributed by atoms with Gasteiger partial charge in [-0.3, -0.25) is 9.78 Å². The molecule has 0 aliphatic carbocycles. The molecule has 1 aromatic carbocycles. The number of hydrogen-bond donors (Lipinski definition) is 1. The summed E-state index contributed by atoms with van der Waals surface area (Å²) in [6.07, 6.45) is 7.25. The molecule has 0 radical (unpaired) electrons. The molecule has 0 saturated carbocycles. The Morgan fingerprint density at radius 3 is 2.48 bits per heavy atom. The fourth-order valence-electron chi connectivity index (χ4n) is 6.16. The molecule has 3 aromatic rings. The number of piperidine rings is 2. The predicted molar refractivity (Wildman–Crippen MR) is 158 cm³/mol. The minimum Gasteiger partial charge on any atom is -0.352 e. The molecule has 0 bridgehead atoms. The average molecular weight is 564 g/mol. The van der Waals surface area contributed by atoms with Gasteiger partial charge in [-0.2, -0.15) is 4.31 Å². The van der Waals surface area contributed by atoms with Crippen LogP contribution in [-0.2, 0) is 10.0 Å². The highest BCUT2D eigenvalue weighted by molar-refractivity contribution is 7.89. The molecular weight excluding hydrogens is 522 g/mol. The van der Waals surface area contributed by atoms with Gasteiger partial charge in [-0.05, 0) is 86.4 Å². The van der Waals surface area contributed by atoms with E-state index in [1.165, 1.54) is 6.42 Å². The number of pyridine rings is 2. The number of hydrogen-bond acceptors (Lipinski definition) is 6. The van der Waals surface area contributed by atoms with Gasteiger partial charge in [-0.25, -0.2) is 13.4 Å². The van der Waals surface area contributed by atoms with E-state index in [2.05, 4.69) is 36.0 Å². The van der Waals surface area contributed by atoms with Crippen LogP contribution in [0.4, 0.5) is 0 Å². The molecule has 1 N–H and O–H groups in total. The first-order valence-electron chi connectivity index (χ1n) is 14.6. The number of sulfonamides is 1. The van der Waals surface area contributed by atoms with E-state index in [1.807, 2.05) is 12.1 Å². The molecule has 5 rings (SSSR count). The Labute approximate surface area is 238 Å². The molecule has 40 heavy (non-hydrogen) atoms. The van der Waals surface area contributed by atoms with Crippen molar-refractivity contribution in [2.45, 2.75) is 51.3 Å². The van der Waals surface area contributed by atoms with E-state index in [-0.39, 0.29) is 10.8 Å². The van der Waals surface area contributed by atoms with Crippen molar-refractivity contribution in [3.63, 3.8) is 0 Å². The highest BCUT2D eigenvalue weighted by Crippen LogP contribution is 2.29. The minimum atomic E-state index is -3.67. The Morgan fingerprint density at radius 2 is 1.77 bits per heavy atom. The van der Waals surface area contributed by atoms with E-state index in [9.17, 15) is 13.2 Å². The van der Waals surface area contributed by atoms with Crippen LogP contribution in [0.5, 0.6) is 0 Å². The topological polar surface area (TPSA) is 95.5 Å². The molecule has 214 valence electrons. The lowest BCUT2D eigenvalue weighted by Crippen LogP contribution is -2.40. The summed E-state index contributed by atoms with van der Waals surface area (Å²) < 4.78 is 28.6. The maximum Gasteiger partial charge on any atom is 0.252 e. The Balaban J connectivity index is 1.40. The van der Waals surface area contributed by atoms with Gasteiger partial charge in [0, 0.05) is 56.1 Å². The summed E-state index contributed by atoms with van der Waals surface area (Å²) >= 11 is 0. The van der Waals surface area contributed by atoms with Gasteiger partial charge >= 0.3 is 0 Å². The highest BCUT2D eigenvalue weighted by Gasteiger charge is 2.29. The fraction of sp³-hybridized carbons (Fsp3) is 0.516. The quantitative estimate of drug-likeness (QED) is 0.395. The molecule has 2 fully saturated rings. The van der Waals surface area contributed by atoms with Crippen molar-refractivity contribution < 1.29 is 13.2 Å². The Bertz CT molecular complexity index is 1430. The third kappa shape index (κ3) is 6.53. The van der Waals surface area contributed by atoms with Crippen LogP contribution in [0.3, 0.4) is 0 Å². The summed E-state index contributed by atoms with van der Waals surface area (Å²) in [4.78, 5) is 25.2. The van der Waals surface area contributed by atoms with Gasteiger partial charge in [-0.15, -0.1) is 0 Å². The number of nitrogens with one attached hydrogen (secondary N) is 1. The number of carbonyl (C=O) groups is 1. The molecule has 4 heterocycles. The van der Waals surface area contributed by atoms with Crippen LogP contribution in [0.15, 0.2) is 53.7 Å². The second-order valence-electron chi connectivity index (χ2n) is 11.9. The van der Waals surface area contributed by atoms with Crippen molar-refractivity contribution >= 4 is 26.8 Å². The zero-order valence-electron chi connectivity index (χ0n) is 23.8. The Morgan fingerprint density at radius 1 is 1.02 bits per heavy atom. The average Bonchev–Trinajstić information content (AvgIpc) is 2.94. The number of carbonyl (C=O) groups excluding carboxylic acids is 1. The first-order valence-corrected chi connectivity index (χ1v) is 16.0. The molecular formula is C31H41N5O3S. The first-order chi connectivity index (χ1) is 19.2. The molecule has 0 unspecified atom stereocenters. The largest absolute Gasteiger partial charge is 0.352 e. The van der Waals surface area contributed by atoms with Gasteiger partial charge < -0.3 is 10.2 Å². The summed E-state index contributed by atoms with van der Waals surface area (Å²) in [6, 6.07) is 10.4. The third-order valence-electron chi connectivity index (χ3n) is 8.24. The maximum absolute atomic E-state index is 13.6. The van der Waals surface area contributed by atoms with E-state index < -0.39 is 10.0 Å². The first kappa shape index (κ1) is 28.6. The van der Waals surface area contributed by atoms with Gasteiger partial charge in [0.15, 0.2) is 0 Å². The number of aromatic nitrogens is 2. The predicted octanol–water partition coefficient (Wildman–Crippen LogP) is 4.82. The summed E-state index contributed by atoms with van der Waals surface area (Å²) in [6.45, 7) is 11.5. The third-order valence-corrected chi connectivity index (χ3v) is 10.1. The summed E-state index contributed by atoms with van der Waals surface area (Å²) in [5.74, 6) is 1.70. The van der Waals surface area contributed by atoms with Gasteiger partial charge in [0.05, 0.1) is 21.7 Å². The zero-order chi connectivity index (χ0) is 28.3. The number of amides is 1. The number of rotatable bonds is 8. The maximum atomic E-state index is 13.6. The second-order valence-corrected chi connectivity index (χ2v) is 13.8. The standard InChI is InChI=1S/C31H41N5O3S/c1-22-9-14-36(15-10-22)40(38,39)26-7-8-29-27(17-26)28(18-30(34-29)25-6-4-11-32-19-25)31(37)33-12-5-13-35-20-23(2)16-24(3)21-35/h4,6-8,11,17-19,22-24H,5,9-10,12-16,20-21H2,1-3H3,(H,33,37)/t23-,24-/m0/s1. The van der Waals surface area contributed by atoms with Crippen molar-refractivity contribution in [1.82, 2.24) is 24.5 Å². The van der Waals surface area contributed by atoms with E-state index in [0.29, 0.717) is 59.5 Å². The summed E-state index contributed by atoms with van der Waals surface area (Å²) in [5.41, 5.74) is 2.43. The van der Waals surface area contributed by atoms with Crippen LogP contribution >= 0.6 is 0 Å². The lowest BCUT2D eigenvalue weighted by Gasteiger charge is -2.34. The Hall–Kier alpha value is -2.88. The molecule has 2 aromatic heterocycles. The lowest BCUT2D eigenvalue weighted by molar-refractivity contribution is 0.0949. The van der Waals surface area contributed by atoms with Crippen molar-refractivity contribution in [3.8, 4) is 11.3 Å². The lowest BCUT2D eigenvalue weighted by atomic mass is 9.92. The van der Waals surface area contributed by atoms with Gasteiger partial charge in [0.2, 0.25) is 10.0 Å². The van der Waals surface area contributed by atoms with Gasteiger partial charge in [-0.1, -0.05) is 20.8 Å². The number of likely N-dealkylation sites (tertiary alicyclic amines) is 1. The molecule has 1 amide bonds. The van der Waals surface area contributed by atoms with Crippen LogP contribution in [0.25, 0.3) is 22.2 Å². The van der Waals surface area contributed by atoms with Crippen LogP contribution in [0.1, 0.15) is 56.8 Å². The van der Waals surface area contributed by atoms with Crippen LogP contribution in [0, 0.1) is 17.8 Å². The molecule has 9 heteroatoms. The van der Waals surface area contributed by atoms with Gasteiger partial charge in [0.1, 0.15) is 0 Å². The van der Waals surface area contributed by atoms with Crippen molar-refractivity contribution in [2.24, 2.45) is 17.8 Å². The molecule has 2 saturated heterocycles. The monoisotopic (exact) mass is 563 g/mol. The van der Waals surface area contributed by atoms with Crippen molar-refractivity contribution in [2.75, 3.05) is 39.3 Å². The smallest absolute Gasteiger partial charge is 0.252 e. The normalized spacial score (nSPS) is 21.5. The van der Waals surface area contributed by atoms with E-state index >= 15 is 0 Å². The van der Waals surface area contributed by atoms with E-state index in [4.69, 9.17) is 4.98 Å². The SMILES string of the molecule is CC1CCN(S(=O)(=O)c2ccc3nc(-c4cccnc4)cc(C(=O)NCCCN4C[C@@H](C)C[C@H](C)C4)c3c2)CC1.